The van der Waals surface area contributed by atoms with Crippen LogP contribution >= 0.6 is 11.3 Å². The molecule has 3 N–H and O–H groups in total. The Balaban J connectivity index is 0.000000481. The van der Waals surface area contributed by atoms with Crippen LogP contribution in [0.25, 0.3) is 22.1 Å². The molecule has 2 aromatic heterocycles. The highest BCUT2D eigenvalue weighted by atomic mass is 32.1. The topological polar surface area (TPSA) is 100 Å². The van der Waals surface area contributed by atoms with Crippen molar-refractivity contribution < 1.29 is 15.0 Å². The lowest BCUT2D eigenvalue weighted by molar-refractivity contribution is -0.134. The van der Waals surface area contributed by atoms with Crippen LogP contribution in [0.3, 0.4) is 0 Å². The van der Waals surface area contributed by atoms with E-state index in [9.17, 15) is 5.11 Å². The van der Waals surface area contributed by atoms with Crippen molar-refractivity contribution in [1.82, 2.24) is 19.9 Å². The molecule has 27 heavy (non-hydrogen) atoms. The second-order valence-corrected chi connectivity index (χ2v) is 7.07. The molecular weight excluding hydrogens is 364 g/mol. The molecule has 1 aliphatic heterocycles. The predicted octanol–water partition coefficient (Wildman–Crippen LogP) is 2.66. The number of aliphatic carboxylic acids is 1. The van der Waals surface area contributed by atoms with E-state index in [4.69, 9.17) is 14.9 Å². The zero-order chi connectivity index (χ0) is 19.2. The Morgan fingerprint density at radius 3 is 2.78 bits per heavy atom. The zero-order valence-electron chi connectivity index (χ0n) is 14.9. The molecule has 142 valence electrons. The summed E-state index contributed by atoms with van der Waals surface area (Å²) in [7, 11) is 0. The Morgan fingerprint density at radius 2 is 2.07 bits per heavy atom. The zero-order valence-corrected chi connectivity index (χ0v) is 15.8. The third kappa shape index (κ3) is 4.79. The van der Waals surface area contributed by atoms with Gasteiger partial charge in [-0.25, -0.2) is 9.97 Å². The molecular formula is C19H22N4O3S. The highest BCUT2D eigenvalue weighted by Crippen LogP contribution is 2.31. The minimum Gasteiger partial charge on any atom is -0.481 e. The SMILES string of the molecule is CC(=O)O.O[C@@H]1CNCC[C@H]1n1ccnc1-c1nc(-c2ccccc2)cs1. The maximum atomic E-state index is 10.3. The Bertz CT molecular complexity index is 874. The van der Waals surface area contributed by atoms with E-state index in [0.717, 1.165) is 42.0 Å². The number of imidazole rings is 1. The van der Waals surface area contributed by atoms with Gasteiger partial charge in [-0.15, -0.1) is 11.3 Å². The second-order valence-electron chi connectivity index (χ2n) is 6.21. The number of hydrogen-bond acceptors (Lipinski definition) is 6. The number of thiazole rings is 1. The van der Waals surface area contributed by atoms with Gasteiger partial charge in [0.25, 0.3) is 5.97 Å². The van der Waals surface area contributed by atoms with E-state index in [2.05, 4.69) is 32.4 Å². The monoisotopic (exact) mass is 386 g/mol. The third-order valence-corrected chi connectivity index (χ3v) is 5.04. The first-order valence-corrected chi connectivity index (χ1v) is 9.56. The molecule has 0 unspecified atom stereocenters. The van der Waals surface area contributed by atoms with Crippen LogP contribution in [-0.4, -0.2) is 49.9 Å². The quantitative estimate of drug-likeness (QED) is 0.640. The van der Waals surface area contributed by atoms with Gasteiger partial charge in [-0.1, -0.05) is 30.3 Å². The lowest BCUT2D eigenvalue weighted by atomic mass is 10.0. The number of carbonyl (C=O) groups is 1. The highest BCUT2D eigenvalue weighted by molar-refractivity contribution is 7.13. The minimum atomic E-state index is -0.833. The Morgan fingerprint density at radius 1 is 1.33 bits per heavy atom. The van der Waals surface area contributed by atoms with Crippen LogP contribution in [0.1, 0.15) is 19.4 Å². The van der Waals surface area contributed by atoms with Gasteiger partial charge < -0.3 is 20.1 Å². The van der Waals surface area contributed by atoms with Crippen LogP contribution in [0, 0.1) is 0 Å². The molecule has 3 heterocycles. The molecule has 2 atom stereocenters. The number of carboxylic acid groups (broad SMARTS) is 1. The molecule has 1 aromatic carbocycles. The summed E-state index contributed by atoms with van der Waals surface area (Å²) >= 11 is 1.59. The van der Waals surface area contributed by atoms with Crippen LogP contribution in [0.5, 0.6) is 0 Å². The van der Waals surface area contributed by atoms with Gasteiger partial charge in [0.2, 0.25) is 0 Å². The number of aromatic nitrogens is 3. The average molecular weight is 386 g/mol. The molecule has 0 radical (unpaired) electrons. The van der Waals surface area contributed by atoms with E-state index < -0.39 is 12.1 Å². The predicted molar refractivity (Wildman–Crippen MR) is 105 cm³/mol. The van der Waals surface area contributed by atoms with Crippen LogP contribution < -0.4 is 5.32 Å². The van der Waals surface area contributed by atoms with Gasteiger partial charge in [0, 0.05) is 36.8 Å². The summed E-state index contributed by atoms with van der Waals surface area (Å²) in [6.45, 7) is 2.61. The molecule has 0 spiro atoms. The summed E-state index contributed by atoms with van der Waals surface area (Å²) in [5, 5.41) is 23.8. The molecule has 0 bridgehead atoms. The van der Waals surface area contributed by atoms with Crippen molar-refractivity contribution >= 4 is 17.3 Å². The van der Waals surface area contributed by atoms with E-state index in [-0.39, 0.29) is 6.04 Å². The fraction of sp³-hybridized carbons (Fsp3) is 0.316. The molecule has 1 saturated heterocycles. The number of piperidine rings is 1. The lowest BCUT2D eigenvalue weighted by Crippen LogP contribution is -2.41. The third-order valence-electron chi connectivity index (χ3n) is 4.21. The summed E-state index contributed by atoms with van der Waals surface area (Å²) in [5.41, 5.74) is 2.07. The van der Waals surface area contributed by atoms with E-state index in [0.29, 0.717) is 6.54 Å². The Kier molecular flexibility index (Phi) is 6.33. The van der Waals surface area contributed by atoms with Gasteiger partial charge in [0.1, 0.15) is 0 Å². The number of nitrogens with zero attached hydrogens (tertiary/aromatic N) is 3. The summed E-state index contributed by atoms with van der Waals surface area (Å²) in [6.07, 6.45) is 4.22. The first-order valence-electron chi connectivity index (χ1n) is 8.68. The molecule has 0 aliphatic carbocycles. The number of hydrogen-bond donors (Lipinski definition) is 3. The van der Waals surface area contributed by atoms with Crippen LogP contribution in [0.2, 0.25) is 0 Å². The smallest absolute Gasteiger partial charge is 0.300 e. The summed E-state index contributed by atoms with van der Waals surface area (Å²) in [4.78, 5) is 18.2. The van der Waals surface area contributed by atoms with Crippen molar-refractivity contribution in [3.63, 3.8) is 0 Å². The second kappa shape index (κ2) is 8.90. The van der Waals surface area contributed by atoms with E-state index in [1.54, 1.807) is 17.5 Å². The van der Waals surface area contributed by atoms with E-state index in [1.807, 2.05) is 24.4 Å². The van der Waals surface area contributed by atoms with Crippen molar-refractivity contribution in [3.05, 3.63) is 48.1 Å². The molecule has 4 rings (SSSR count). The Labute approximate surface area is 161 Å². The van der Waals surface area contributed by atoms with Crippen LogP contribution in [0.4, 0.5) is 0 Å². The van der Waals surface area contributed by atoms with Crippen LogP contribution in [0.15, 0.2) is 48.1 Å². The molecule has 0 amide bonds. The molecule has 7 nitrogen and oxygen atoms in total. The summed E-state index contributed by atoms with van der Waals surface area (Å²) in [6, 6.07) is 10.2. The van der Waals surface area contributed by atoms with Crippen LogP contribution in [-0.2, 0) is 4.79 Å². The standard InChI is InChI=1S/C17H18N4OS.C2H4O2/c22-15-10-18-7-6-14(15)21-9-8-19-16(21)17-20-13(11-23-17)12-4-2-1-3-5-12;1-2(3)4/h1-5,8-9,11,14-15,18,22H,6-7,10H2;1H3,(H,3,4)/t14-,15-;/m1./s1. The van der Waals surface area contributed by atoms with E-state index in [1.165, 1.54) is 0 Å². The fourth-order valence-corrected chi connectivity index (χ4v) is 3.84. The van der Waals surface area contributed by atoms with Gasteiger partial charge in [-0.2, -0.15) is 0 Å². The number of rotatable bonds is 3. The minimum absolute atomic E-state index is 0.0535. The summed E-state index contributed by atoms with van der Waals surface area (Å²) in [5.74, 6) is 0.00290. The highest BCUT2D eigenvalue weighted by Gasteiger charge is 2.27. The van der Waals surface area contributed by atoms with Gasteiger partial charge in [-0.05, 0) is 13.0 Å². The first-order chi connectivity index (χ1) is 13.1. The molecule has 8 heteroatoms. The average Bonchev–Trinajstić information content (AvgIpc) is 3.32. The first kappa shape index (κ1) is 19.2. The number of carboxylic acids is 1. The maximum absolute atomic E-state index is 10.3. The number of aliphatic hydroxyl groups is 1. The van der Waals surface area contributed by atoms with Crippen molar-refractivity contribution in [1.29, 1.82) is 0 Å². The Hall–Kier alpha value is -2.55. The van der Waals surface area contributed by atoms with Gasteiger partial charge >= 0.3 is 0 Å². The largest absolute Gasteiger partial charge is 0.481 e. The number of nitrogens with one attached hydrogen (secondary N) is 1. The normalized spacial score (nSPS) is 19.2. The maximum Gasteiger partial charge on any atom is 0.300 e. The van der Waals surface area contributed by atoms with Crippen molar-refractivity contribution in [2.75, 3.05) is 13.1 Å². The van der Waals surface area contributed by atoms with E-state index >= 15 is 0 Å². The van der Waals surface area contributed by atoms with Gasteiger partial charge in [0.05, 0.1) is 17.8 Å². The van der Waals surface area contributed by atoms with Crippen molar-refractivity contribution in [2.45, 2.75) is 25.5 Å². The summed E-state index contributed by atoms with van der Waals surface area (Å²) < 4.78 is 2.07. The fourth-order valence-electron chi connectivity index (χ4n) is 3.02. The van der Waals surface area contributed by atoms with Crippen molar-refractivity contribution in [3.8, 4) is 22.1 Å². The van der Waals surface area contributed by atoms with Gasteiger partial charge in [-0.3, -0.25) is 4.79 Å². The number of benzene rings is 1. The van der Waals surface area contributed by atoms with Crippen molar-refractivity contribution in [2.24, 2.45) is 0 Å². The molecule has 3 aromatic rings. The molecule has 1 aliphatic rings. The number of β-amino-alcohol motifs (C(OH)–C–C–N with tert-alkyl or cyclic N) is 1. The number of aliphatic hydroxyl groups excluding tert-OH is 1. The molecule has 0 saturated carbocycles. The lowest BCUT2D eigenvalue weighted by Gasteiger charge is -2.30. The molecule has 1 fully saturated rings. The van der Waals surface area contributed by atoms with Gasteiger partial charge in [0.15, 0.2) is 10.8 Å².